The molecule has 0 atom stereocenters. The quantitative estimate of drug-likeness (QED) is 0.861. The normalized spacial score (nSPS) is 25.4. The molecule has 4 heteroatoms. The van der Waals surface area contributed by atoms with Crippen molar-refractivity contribution in [3.05, 3.63) is 17.0 Å². The topological polar surface area (TPSA) is 37.8 Å². The number of anilines is 1. The van der Waals surface area contributed by atoms with E-state index in [1.54, 1.807) is 6.33 Å². The lowest BCUT2D eigenvalue weighted by Gasteiger charge is -2.28. The molecule has 1 aromatic rings. The Balaban J connectivity index is 1.87. The van der Waals surface area contributed by atoms with E-state index in [-0.39, 0.29) is 0 Å². The first-order valence-corrected chi connectivity index (χ1v) is 6.81. The van der Waals surface area contributed by atoms with Crippen molar-refractivity contribution in [3.63, 3.8) is 0 Å². The molecule has 1 aliphatic rings. The summed E-state index contributed by atoms with van der Waals surface area (Å²) in [4.78, 5) is 8.24. The Morgan fingerprint density at radius 3 is 2.69 bits per heavy atom. The molecule has 1 fully saturated rings. The van der Waals surface area contributed by atoms with Gasteiger partial charge < -0.3 is 5.32 Å². The molecule has 1 aromatic heterocycles. The first-order valence-electron chi connectivity index (χ1n) is 6.02. The van der Waals surface area contributed by atoms with E-state index < -0.39 is 0 Å². The van der Waals surface area contributed by atoms with Crippen LogP contribution in [0, 0.1) is 5.92 Å². The van der Waals surface area contributed by atoms with Gasteiger partial charge in [-0.1, -0.05) is 13.3 Å². The maximum absolute atomic E-state index is 4.22. The summed E-state index contributed by atoms with van der Waals surface area (Å²) in [6, 6.07) is 2.52. The van der Waals surface area contributed by atoms with Gasteiger partial charge >= 0.3 is 0 Å². The van der Waals surface area contributed by atoms with E-state index in [0.29, 0.717) is 6.04 Å². The van der Waals surface area contributed by atoms with Crippen LogP contribution in [-0.4, -0.2) is 16.0 Å². The molecule has 1 aliphatic carbocycles. The van der Waals surface area contributed by atoms with Gasteiger partial charge in [-0.25, -0.2) is 9.97 Å². The Kier molecular flexibility index (Phi) is 4.16. The van der Waals surface area contributed by atoms with Gasteiger partial charge in [-0.2, -0.15) is 0 Å². The first-order chi connectivity index (χ1) is 7.78. The second-order valence-electron chi connectivity index (χ2n) is 4.50. The molecule has 0 bridgehead atoms. The summed E-state index contributed by atoms with van der Waals surface area (Å²) >= 11 is 3.36. The van der Waals surface area contributed by atoms with Crippen molar-refractivity contribution < 1.29 is 0 Å². The summed E-state index contributed by atoms with van der Waals surface area (Å²) in [7, 11) is 0. The molecular formula is C12H18BrN3. The van der Waals surface area contributed by atoms with Crippen LogP contribution in [0.2, 0.25) is 0 Å². The average molecular weight is 284 g/mol. The number of nitrogens with one attached hydrogen (secondary N) is 1. The van der Waals surface area contributed by atoms with E-state index in [1.165, 1.54) is 32.1 Å². The average Bonchev–Trinajstić information content (AvgIpc) is 2.30. The van der Waals surface area contributed by atoms with Gasteiger partial charge in [0.05, 0.1) is 0 Å². The van der Waals surface area contributed by atoms with Crippen molar-refractivity contribution in [2.45, 2.75) is 45.1 Å². The highest BCUT2D eigenvalue weighted by Crippen LogP contribution is 2.28. The molecule has 0 spiro atoms. The third-order valence-electron chi connectivity index (χ3n) is 3.41. The molecule has 88 valence electrons. The highest BCUT2D eigenvalue weighted by molar-refractivity contribution is 9.10. The van der Waals surface area contributed by atoms with Crippen LogP contribution < -0.4 is 5.32 Å². The molecule has 0 saturated heterocycles. The fourth-order valence-electron chi connectivity index (χ4n) is 2.34. The maximum Gasteiger partial charge on any atom is 0.130 e. The highest BCUT2D eigenvalue weighted by atomic mass is 79.9. The molecule has 0 aliphatic heterocycles. The lowest BCUT2D eigenvalue weighted by Crippen LogP contribution is -2.26. The minimum absolute atomic E-state index is 0.588. The molecule has 0 unspecified atom stereocenters. The van der Waals surface area contributed by atoms with Crippen LogP contribution in [0.3, 0.4) is 0 Å². The van der Waals surface area contributed by atoms with Gasteiger partial charge in [0, 0.05) is 12.1 Å². The van der Waals surface area contributed by atoms with Gasteiger partial charge in [-0.05, 0) is 47.5 Å². The standard InChI is InChI=1S/C12H18BrN3/c1-2-9-3-5-10(6-4-9)16-12-7-11(13)14-8-15-12/h7-10H,2-6H2,1H3,(H,14,15,16). The van der Waals surface area contributed by atoms with Crippen LogP contribution in [0.5, 0.6) is 0 Å². The molecular weight excluding hydrogens is 266 g/mol. The van der Waals surface area contributed by atoms with Gasteiger partial charge in [0.25, 0.3) is 0 Å². The summed E-state index contributed by atoms with van der Waals surface area (Å²) in [5.41, 5.74) is 0. The van der Waals surface area contributed by atoms with E-state index in [1.807, 2.05) is 6.07 Å². The molecule has 1 N–H and O–H groups in total. The van der Waals surface area contributed by atoms with E-state index in [4.69, 9.17) is 0 Å². The Labute approximate surface area is 105 Å². The molecule has 0 radical (unpaired) electrons. The van der Waals surface area contributed by atoms with Crippen LogP contribution >= 0.6 is 15.9 Å². The largest absolute Gasteiger partial charge is 0.367 e. The molecule has 2 rings (SSSR count). The zero-order chi connectivity index (χ0) is 11.4. The predicted octanol–water partition coefficient (Wildman–Crippen LogP) is 3.62. The Morgan fingerprint density at radius 2 is 2.06 bits per heavy atom. The van der Waals surface area contributed by atoms with Crippen molar-refractivity contribution in [1.29, 1.82) is 0 Å². The van der Waals surface area contributed by atoms with Crippen molar-refractivity contribution in [3.8, 4) is 0 Å². The number of nitrogens with zero attached hydrogens (tertiary/aromatic N) is 2. The number of hydrogen-bond donors (Lipinski definition) is 1. The van der Waals surface area contributed by atoms with Crippen LogP contribution in [0.15, 0.2) is 17.0 Å². The van der Waals surface area contributed by atoms with Crippen molar-refractivity contribution in [1.82, 2.24) is 9.97 Å². The Hall–Kier alpha value is -0.640. The van der Waals surface area contributed by atoms with Crippen LogP contribution in [0.4, 0.5) is 5.82 Å². The smallest absolute Gasteiger partial charge is 0.130 e. The van der Waals surface area contributed by atoms with Crippen LogP contribution in [0.25, 0.3) is 0 Å². The zero-order valence-corrected chi connectivity index (χ0v) is 11.2. The van der Waals surface area contributed by atoms with Crippen LogP contribution in [-0.2, 0) is 0 Å². The van der Waals surface area contributed by atoms with E-state index >= 15 is 0 Å². The predicted molar refractivity (Wildman–Crippen MR) is 69.4 cm³/mol. The molecule has 0 aromatic carbocycles. The van der Waals surface area contributed by atoms with Crippen molar-refractivity contribution >= 4 is 21.7 Å². The van der Waals surface area contributed by atoms with Crippen molar-refractivity contribution in [2.75, 3.05) is 5.32 Å². The zero-order valence-electron chi connectivity index (χ0n) is 9.62. The first kappa shape index (κ1) is 11.8. The van der Waals surface area contributed by atoms with E-state index in [9.17, 15) is 0 Å². The summed E-state index contributed by atoms with van der Waals surface area (Å²) in [5, 5.41) is 3.49. The second kappa shape index (κ2) is 5.62. The maximum atomic E-state index is 4.22. The summed E-state index contributed by atoms with van der Waals surface area (Å²) < 4.78 is 0.840. The van der Waals surface area contributed by atoms with Gasteiger partial charge in [0.15, 0.2) is 0 Å². The van der Waals surface area contributed by atoms with Gasteiger partial charge in [-0.15, -0.1) is 0 Å². The number of rotatable bonds is 3. The third-order valence-corrected chi connectivity index (χ3v) is 3.84. The van der Waals surface area contributed by atoms with E-state index in [0.717, 1.165) is 16.3 Å². The second-order valence-corrected chi connectivity index (χ2v) is 5.31. The summed E-state index contributed by atoms with van der Waals surface area (Å²) in [6.07, 6.45) is 8.14. The molecule has 0 amide bonds. The Morgan fingerprint density at radius 1 is 1.31 bits per heavy atom. The molecule has 1 heterocycles. The van der Waals surface area contributed by atoms with E-state index in [2.05, 4.69) is 38.1 Å². The highest BCUT2D eigenvalue weighted by Gasteiger charge is 2.19. The van der Waals surface area contributed by atoms with Gasteiger partial charge in [0.2, 0.25) is 0 Å². The minimum Gasteiger partial charge on any atom is -0.367 e. The van der Waals surface area contributed by atoms with Gasteiger partial charge in [-0.3, -0.25) is 0 Å². The van der Waals surface area contributed by atoms with Crippen LogP contribution in [0.1, 0.15) is 39.0 Å². The third kappa shape index (κ3) is 3.17. The monoisotopic (exact) mass is 283 g/mol. The summed E-state index contributed by atoms with van der Waals surface area (Å²) in [5.74, 6) is 1.87. The minimum atomic E-state index is 0.588. The number of hydrogen-bond acceptors (Lipinski definition) is 3. The fourth-order valence-corrected chi connectivity index (χ4v) is 2.65. The number of halogens is 1. The Bertz CT molecular complexity index is 335. The molecule has 16 heavy (non-hydrogen) atoms. The summed E-state index contributed by atoms with van der Waals surface area (Å²) in [6.45, 7) is 2.29. The van der Waals surface area contributed by atoms with Crippen molar-refractivity contribution in [2.24, 2.45) is 5.92 Å². The molecule has 1 saturated carbocycles. The fraction of sp³-hybridized carbons (Fsp3) is 0.667. The SMILES string of the molecule is CCC1CCC(Nc2cc(Br)ncn2)CC1. The van der Waals surface area contributed by atoms with Gasteiger partial charge in [0.1, 0.15) is 16.7 Å². The lowest BCUT2D eigenvalue weighted by atomic mass is 9.84. The molecule has 3 nitrogen and oxygen atoms in total. The lowest BCUT2D eigenvalue weighted by molar-refractivity contribution is 0.330. The number of aromatic nitrogens is 2.